The van der Waals surface area contributed by atoms with Crippen LogP contribution in [0.3, 0.4) is 0 Å². The molecular formula is C15H19ClN2O2. The van der Waals surface area contributed by atoms with Gasteiger partial charge in [0.25, 0.3) is 0 Å². The number of nitrogens with zero attached hydrogens (tertiary/aromatic N) is 1. The number of aliphatic hydroxyl groups is 1. The van der Waals surface area contributed by atoms with Crippen molar-refractivity contribution in [2.75, 3.05) is 13.1 Å². The highest BCUT2D eigenvalue weighted by Gasteiger charge is 2.13. The van der Waals surface area contributed by atoms with Gasteiger partial charge in [-0.05, 0) is 29.8 Å². The van der Waals surface area contributed by atoms with Crippen molar-refractivity contribution >= 4 is 11.6 Å². The Morgan fingerprint density at radius 1 is 1.20 bits per heavy atom. The van der Waals surface area contributed by atoms with Gasteiger partial charge in [0.2, 0.25) is 0 Å². The highest BCUT2D eigenvalue weighted by molar-refractivity contribution is 6.30. The van der Waals surface area contributed by atoms with Crippen LogP contribution in [0.1, 0.15) is 11.3 Å². The standard InChI is InChI=1S/C15H19ClN2O2/c16-13-5-3-12(4-6-13)9-18(10-14(19)8-17)11-15-2-1-7-20-15/h1-7,14,19H,8-11,17H2. The molecule has 2 rings (SSSR count). The molecule has 4 nitrogen and oxygen atoms in total. The Hall–Kier alpha value is -1.33. The van der Waals surface area contributed by atoms with Gasteiger partial charge in [-0.3, -0.25) is 4.90 Å². The van der Waals surface area contributed by atoms with E-state index in [9.17, 15) is 5.11 Å². The maximum absolute atomic E-state index is 9.76. The van der Waals surface area contributed by atoms with Crippen LogP contribution >= 0.6 is 11.6 Å². The molecule has 1 heterocycles. The Morgan fingerprint density at radius 3 is 2.55 bits per heavy atom. The van der Waals surface area contributed by atoms with Gasteiger partial charge in [0.15, 0.2) is 0 Å². The van der Waals surface area contributed by atoms with Crippen molar-refractivity contribution in [3.8, 4) is 0 Å². The number of hydrogen-bond donors (Lipinski definition) is 2. The summed E-state index contributed by atoms with van der Waals surface area (Å²) in [6, 6.07) is 11.5. The Balaban J connectivity index is 2.03. The number of furan rings is 1. The van der Waals surface area contributed by atoms with Crippen molar-refractivity contribution in [3.05, 3.63) is 59.0 Å². The van der Waals surface area contributed by atoms with Gasteiger partial charge in [0.05, 0.1) is 18.9 Å². The van der Waals surface area contributed by atoms with Crippen molar-refractivity contribution in [1.29, 1.82) is 0 Å². The fourth-order valence-electron chi connectivity index (χ4n) is 2.03. The zero-order valence-corrected chi connectivity index (χ0v) is 12.0. The summed E-state index contributed by atoms with van der Waals surface area (Å²) in [5.74, 6) is 0.864. The normalized spacial score (nSPS) is 12.8. The molecule has 0 amide bonds. The quantitative estimate of drug-likeness (QED) is 0.822. The van der Waals surface area contributed by atoms with Gasteiger partial charge in [0.1, 0.15) is 5.76 Å². The Kier molecular flexibility index (Phi) is 5.61. The second-order valence-corrected chi connectivity index (χ2v) is 5.20. The highest BCUT2D eigenvalue weighted by atomic mass is 35.5. The first-order valence-electron chi connectivity index (χ1n) is 6.54. The number of halogens is 1. The van der Waals surface area contributed by atoms with Crippen LogP contribution in [-0.4, -0.2) is 29.2 Å². The fraction of sp³-hybridized carbons (Fsp3) is 0.333. The van der Waals surface area contributed by atoms with E-state index in [0.717, 1.165) is 11.3 Å². The van der Waals surface area contributed by atoms with E-state index >= 15 is 0 Å². The van der Waals surface area contributed by atoms with Crippen molar-refractivity contribution in [2.24, 2.45) is 5.73 Å². The first kappa shape index (κ1) is 15.1. The molecule has 20 heavy (non-hydrogen) atoms. The van der Waals surface area contributed by atoms with Gasteiger partial charge in [0, 0.05) is 24.7 Å². The fourth-order valence-corrected chi connectivity index (χ4v) is 2.15. The maximum atomic E-state index is 9.76. The van der Waals surface area contributed by atoms with Crippen LogP contribution in [0.15, 0.2) is 47.1 Å². The molecule has 0 fully saturated rings. The van der Waals surface area contributed by atoms with E-state index in [1.165, 1.54) is 0 Å². The molecule has 2 aromatic rings. The third kappa shape index (κ3) is 4.65. The molecule has 1 atom stereocenters. The lowest BCUT2D eigenvalue weighted by atomic mass is 10.2. The smallest absolute Gasteiger partial charge is 0.117 e. The first-order chi connectivity index (χ1) is 9.67. The second kappa shape index (κ2) is 7.45. The molecule has 0 spiro atoms. The third-order valence-electron chi connectivity index (χ3n) is 3.02. The van der Waals surface area contributed by atoms with Crippen LogP contribution in [0.25, 0.3) is 0 Å². The largest absolute Gasteiger partial charge is 0.468 e. The van der Waals surface area contributed by atoms with Gasteiger partial charge >= 0.3 is 0 Å². The van der Waals surface area contributed by atoms with E-state index in [1.54, 1.807) is 6.26 Å². The molecule has 0 saturated carbocycles. The molecule has 0 aliphatic heterocycles. The van der Waals surface area contributed by atoms with Crippen LogP contribution in [0, 0.1) is 0 Å². The number of aliphatic hydroxyl groups excluding tert-OH is 1. The predicted octanol–water partition coefficient (Wildman–Crippen LogP) is 2.25. The summed E-state index contributed by atoms with van der Waals surface area (Å²) in [6.07, 6.45) is 1.10. The predicted molar refractivity (Wildman–Crippen MR) is 79.3 cm³/mol. The summed E-state index contributed by atoms with van der Waals surface area (Å²) in [5, 5.41) is 10.5. The van der Waals surface area contributed by atoms with Gasteiger partial charge in [-0.1, -0.05) is 23.7 Å². The minimum atomic E-state index is -0.544. The molecule has 1 aromatic carbocycles. The lowest BCUT2D eigenvalue weighted by Crippen LogP contribution is -2.35. The van der Waals surface area contributed by atoms with Crippen LogP contribution in [0.5, 0.6) is 0 Å². The summed E-state index contributed by atoms with van der Waals surface area (Å²) in [6.45, 7) is 2.08. The molecule has 0 aliphatic carbocycles. The van der Waals surface area contributed by atoms with Gasteiger partial charge < -0.3 is 15.3 Å². The summed E-state index contributed by atoms with van der Waals surface area (Å²) in [5.41, 5.74) is 6.62. The molecule has 0 aliphatic rings. The van der Waals surface area contributed by atoms with Crippen molar-refractivity contribution < 1.29 is 9.52 Å². The highest BCUT2D eigenvalue weighted by Crippen LogP contribution is 2.14. The van der Waals surface area contributed by atoms with Crippen molar-refractivity contribution in [3.63, 3.8) is 0 Å². The molecule has 0 bridgehead atoms. The maximum Gasteiger partial charge on any atom is 0.117 e. The SMILES string of the molecule is NCC(O)CN(Cc1ccc(Cl)cc1)Cc1ccco1. The number of hydrogen-bond acceptors (Lipinski definition) is 4. The number of benzene rings is 1. The molecule has 3 N–H and O–H groups in total. The van der Waals surface area contributed by atoms with Gasteiger partial charge in [-0.15, -0.1) is 0 Å². The summed E-state index contributed by atoms with van der Waals surface area (Å²) in [7, 11) is 0. The number of nitrogens with two attached hydrogens (primary N) is 1. The Morgan fingerprint density at radius 2 is 1.95 bits per heavy atom. The van der Waals surface area contributed by atoms with Crippen LogP contribution in [0.2, 0.25) is 5.02 Å². The van der Waals surface area contributed by atoms with E-state index in [2.05, 4.69) is 4.90 Å². The molecule has 1 aromatic heterocycles. The minimum Gasteiger partial charge on any atom is -0.468 e. The van der Waals surface area contributed by atoms with Crippen molar-refractivity contribution in [1.82, 2.24) is 4.90 Å². The molecule has 0 saturated heterocycles. The van der Waals surface area contributed by atoms with Crippen LogP contribution < -0.4 is 5.73 Å². The summed E-state index contributed by atoms with van der Waals surface area (Å²) >= 11 is 5.88. The molecule has 5 heteroatoms. The van der Waals surface area contributed by atoms with Gasteiger partial charge in [-0.25, -0.2) is 0 Å². The molecule has 108 valence electrons. The van der Waals surface area contributed by atoms with E-state index in [0.29, 0.717) is 24.7 Å². The van der Waals surface area contributed by atoms with Crippen LogP contribution in [0.4, 0.5) is 0 Å². The van der Waals surface area contributed by atoms with Crippen molar-refractivity contribution in [2.45, 2.75) is 19.2 Å². The average Bonchev–Trinajstić information content (AvgIpc) is 2.94. The second-order valence-electron chi connectivity index (χ2n) is 4.76. The summed E-state index contributed by atoms with van der Waals surface area (Å²) in [4.78, 5) is 2.10. The zero-order valence-electron chi connectivity index (χ0n) is 11.2. The minimum absolute atomic E-state index is 0.245. The first-order valence-corrected chi connectivity index (χ1v) is 6.92. The van der Waals surface area contributed by atoms with E-state index in [1.807, 2.05) is 36.4 Å². The van der Waals surface area contributed by atoms with Gasteiger partial charge in [-0.2, -0.15) is 0 Å². The zero-order chi connectivity index (χ0) is 14.4. The topological polar surface area (TPSA) is 62.6 Å². The Labute approximate surface area is 123 Å². The van der Waals surface area contributed by atoms with E-state index in [4.69, 9.17) is 21.8 Å². The molecular weight excluding hydrogens is 276 g/mol. The molecule has 0 radical (unpaired) electrons. The monoisotopic (exact) mass is 294 g/mol. The third-order valence-corrected chi connectivity index (χ3v) is 3.27. The molecule has 1 unspecified atom stereocenters. The number of rotatable bonds is 7. The summed E-state index contributed by atoms with van der Waals surface area (Å²) < 4.78 is 5.36. The Bertz CT molecular complexity index is 499. The van der Waals surface area contributed by atoms with E-state index < -0.39 is 6.10 Å². The lowest BCUT2D eigenvalue weighted by molar-refractivity contribution is 0.106. The lowest BCUT2D eigenvalue weighted by Gasteiger charge is -2.23. The van der Waals surface area contributed by atoms with Crippen LogP contribution in [-0.2, 0) is 13.1 Å². The average molecular weight is 295 g/mol. The van der Waals surface area contributed by atoms with E-state index in [-0.39, 0.29) is 6.54 Å².